The van der Waals surface area contributed by atoms with Gasteiger partial charge in [0.2, 0.25) is 0 Å². The number of carbonyl (C=O) groups is 1. The van der Waals surface area contributed by atoms with Gasteiger partial charge in [-0.25, -0.2) is 0 Å². The maximum atomic E-state index is 10.9. The third kappa shape index (κ3) is 4.24. The van der Waals surface area contributed by atoms with Crippen LogP contribution in [0, 0.1) is 0 Å². The predicted molar refractivity (Wildman–Crippen MR) is 82.4 cm³/mol. The number of hydrogen-bond donors (Lipinski definition) is 0. The van der Waals surface area contributed by atoms with Crippen molar-refractivity contribution in [2.24, 2.45) is 0 Å². The lowest BCUT2D eigenvalue weighted by Gasteiger charge is -2.11. The Labute approximate surface area is 125 Å². The van der Waals surface area contributed by atoms with E-state index in [1.54, 1.807) is 38.5 Å². The first-order chi connectivity index (χ1) is 9.76. The van der Waals surface area contributed by atoms with Crippen LogP contribution in [0.1, 0.15) is 23.3 Å². The molecule has 0 bridgehead atoms. The molecule has 0 aliphatic rings. The number of carbonyl (C=O) groups excluding carboxylic acids is 1. The molecule has 112 valence electrons. The fraction of sp³-hybridized carbons (Fsp3) is 0.235. The molecule has 0 aromatic heterocycles. The highest BCUT2D eigenvalue weighted by molar-refractivity contribution is 5.79. The van der Waals surface area contributed by atoms with E-state index in [0.29, 0.717) is 29.4 Å². The molecule has 0 saturated heterocycles. The van der Waals surface area contributed by atoms with E-state index in [0.717, 1.165) is 11.8 Å². The highest BCUT2D eigenvalue weighted by Crippen LogP contribution is 2.24. The maximum Gasteiger partial charge on any atom is 0.153 e. The predicted octanol–water partition coefficient (Wildman–Crippen LogP) is 3.73. The molecule has 0 heterocycles. The molecule has 0 aliphatic heterocycles. The standard InChI is InChI=1S/C16H16O4.CH4/c1-18-14-7-12(8-15(9-14)19-2)11-20-16-6-4-3-5-13(16)10-17;/h3-10H,11H2,1-2H3;1H4. The van der Waals surface area contributed by atoms with Crippen LogP contribution in [0.3, 0.4) is 0 Å². The quantitative estimate of drug-likeness (QED) is 0.760. The lowest BCUT2D eigenvalue weighted by atomic mass is 10.2. The van der Waals surface area contributed by atoms with Crippen LogP contribution in [0.25, 0.3) is 0 Å². The van der Waals surface area contributed by atoms with E-state index in [9.17, 15) is 4.79 Å². The number of rotatable bonds is 6. The number of ether oxygens (including phenoxy) is 3. The molecule has 0 saturated carbocycles. The number of para-hydroxylation sites is 1. The molecule has 0 amide bonds. The Hall–Kier alpha value is -2.49. The van der Waals surface area contributed by atoms with Gasteiger partial charge in [0.05, 0.1) is 19.8 Å². The van der Waals surface area contributed by atoms with E-state index in [1.165, 1.54) is 0 Å². The minimum Gasteiger partial charge on any atom is -0.497 e. The fourth-order valence-corrected chi connectivity index (χ4v) is 1.82. The summed E-state index contributed by atoms with van der Waals surface area (Å²) in [4.78, 5) is 10.9. The second kappa shape index (κ2) is 7.94. The number of hydrogen-bond acceptors (Lipinski definition) is 4. The van der Waals surface area contributed by atoms with Gasteiger partial charge in [0.25, 0.3) is 0 Å². The van der Waals surface area contributed by atoms with E-state index >= 15 is 0 Å². The van der Waals surface area contributed by atoms with Crippen molar-refractivity contribution >= 4 is 6.29 Å². The summed E-state index contributed by atoms with van der Waals surface area (Å²) < 4.78 is 16.1. The van der Waals surface area contributed by atoms with Crippen LogP contribution in [0.5, 0.6) is 17.2 Å². The SMILES string of the molecule is C.COc1cc(COc2ccccc2C=O)cc(OC)c1. The molecule has 0 radical (unpaired) electrons. The van der Waals surface area contributed by atoms with Gasteiger partial charge >= 0.3 is 0 Å². The van der Waals surface area contributed by atoms with Crippen molar-refractivity contribution in [3.63, 3.8) is 0 Å². The van der Waals surface area contributed by atoms with Crippen LogP contribution in [-0.4, -0.2) is 20.5 Å². The lowest BCUT2D eigenvalue weighted by Crippen LogP contribution is -1.99. The molecule has 0 spiro atoms. The second-order valence-corrected chi connectivity index (χ2v) is 4.17. The van der Waals surface area contributed by atoms with Crippen molar-refractivity contribution in [2.75, 3.05) is 14.2 Å². The summed E-state index contributed by atoms with van der Waals surface area (Å²) in [5, 5.41) is 0. The Kier molecular flexibility index (Phi) is 6.27. The van der Waals surface area contributed by atoms with Gasteiger partial charge in [0.15, 0.2) is 6.29 Å². The van der Waals surface area contributed by atoms with Crippen molar-refractivity contribution in [2.45, 2.75) is 14.0 Å². The summed E-state index contributed by atoms with van der Waals surface area (Å²) in [5.74, 6) is 1.96. The zero-order chi connectivity index (χ0) is 14.4. The summed E-state index contributed by atoms with van der Waals surface area (Å²) in [6.07, 6.45) is 0.779. The van der Waals surface area contributed by atoms with Crippen molar-refractivity contribution in [1.29, 1.82) is 0 Å². The summed E-state index contributed by atoms with van der Waals surface area (Å²) in [6.45, 7) is 0.332. The van der Waals surface area contributed by atoms with Gasteiger partial charge in [-0.15, -0.1) is 0 Å². The summed E-state index contributed by atoms with van der Waals surface area (Å²) in [6, 6.07) is 12.6. The first-order valence-electron chi connectivity index (χ1n) is 6.15. The molecule has 4 nitrogen and oxygen atoms in total. The molecule has 0 unspecified atom stereocenters. The Morgan fingerprint density at radius 1 is 1.00 bits per heavy atom. The van der Waals surface area contributed by atoms with Crippen LogP contribution in [-0.2, 0) is 6.61 Å². The van der Waals surface area contributed by atoms with Crippen LogP contribution < -0.4 is 14.2 Å². The highest BCUT2D eigenvalue weighted by Gasteiger charge is 2.05. The maximum absolute atomic E-state index is 10.9. The summed E-state index contributed by atoms with van der Waals surface area (Å²) in [7, 11) is 3.20. The molecule has 0 N–H and O–H groups in total. The van der Waals surface area contributed by atoms with E-state index in [2.05, 4.69) is 0 Å². The highest BCUT2D eigenvalue weighted by atomic mass is 16.5. The van der Waals surface area contributed by atoms with Crippen molar-refractivity contribution in [1.82, 2.24) is 0 Å². The van der Waals surface area contributed by atoms with Crippen LogP contribution in [0.2, 0.25) is 0 Å². The topological polar surface area (TPSA) is 44.8 Å². The first-order valence-corrected chi connectivity index (χ1v) is 6.15. The Morgan fingerprint density at radius 3 is 2.19 bits per heavy atom. The number of aldehydes is 1. The summed E-state index contributed by atoms with van der Waals surface area (Å²) in [5.41, 5.74) is 1.43. The third-order valence-electron chi connectivity index (χ3n) is 2.85. The van der Waals surface area contributed by atoms with Crippen LogP contribution in [0.4, 0.5) is 0 Å². The largest absolute Gasteiger partial charge is 0.497 e. The van der Waals surface area contributed by atoms with Gasteiger partial charge in [0.1, 0.15) is 23.9 Å². The van der Waals surface area contributed by atoms with Crippen molar-refractivity contribution < 1.29 is 19.0 Å². The molecular formula is C17H20O4. The minimum atomic E-state index is 0. The van der Waals surface area contributed by atoms with Gasteiger partial charge in [-0.2, -0.15) is 0 Å². The first kappa shape index (κ1) is 16.6. The van der Waals surface area contributed by atoms with Crippen LogP contribution >= 0.6 is 0 Å². The molecule has 4 heteroatoms. The van der Waals surface area contributed by atoms with E-state index in [4.69, 9.17) is 14.2 Å². The van der Waals surface area contributed by atoms with Crippen molar-refractivity contribution in [3.8, 4) is 17.2 Å². The third-order valence-corrected chi connectivity index (χ3v) is 2.85. The average molecular weight is 288 g/mol. The fourth-order valence-electron chi connectivity index (χ4n) is 1.82. The van der Waals surface area contributed by atoms with E-state index in [-0.39, 0.29) is 7.43 Å². The van der Waals surface area contributed by atoms with E-state index in [1.807, 2.05) is 18.2 Å². The molecule has 0 aliphatic carbocycles. The second-order valence-electron chi connectivity index (χ2n) is 4.17. The minimum absolute atomic E-state index is 0. The van der Waals surface area contributed by atoms with Gasteiger partial charge in [-0.1, -0.05) is 19.6 Å². The molecule has 2 aromatic carbocycles. The zero-order valence-electron chi connectivity index (χ0n) is 11.5. The van der Waals surface area contributed by atoms with Gasteiger partial charge in [-0.3, -0.25) is 4.79 Å². The van der Waals surface area contributed by atoms with Gasteiger partial charge in [0, 0.05) is 6.07 Å². The summed E-state index contributed by atoms with van der Waals surface area (Å²) >= 11 is 0. The monoisotopic (exact) mass is 288 g/mol. The Balaban J connectivity index is 0.00000220. The number of benzene rings is 2. The Morgan fingerprint density at radius 2 is 1.62 bits per heavy atom. The molecule has 21 heavy (non-hydrogen) atoms. The van der Waals surface area contributed by atoms with E-state index < -0.39 is 0 Å². The molecule has 0 fully saturated rings. The lowest BCUT2D eigenvalue weighted by molar-refractivity contribution is 0.111. The number of methoxy groups -OCH3 is 2. The van der Waals surface area contributed by atoms with Gasteiger partial charge in [-0.05, 0) is 29.8 Å². The normalized spacial score (nSPS) is 9.43. The molecule has 2 rings (SSSR count). The van der Waals surface area contributed by atoms with Crippen molar-refractivity contribution in [3.05, 3.63) is 53.6 Å². The molecule has 0 atom stereocenters. The Bertz CT molecular complexity index is 571. The smallest absolute Gasteiger partial charge is 0.153 e. The zero-order valence-corrected chi connectivity index (χ0v) is 11.5. The molecule has 2 aromatic rings. The van der Waals surface area contributed by atoms with Crippen LogP contribution in [0.15, 0.2) is 42.5 Å². The average Bonchev–Trinajstić information content (AvgIpc) is 2.52. The van der Waals surface area contributed by atoms with Gasteiger partial charge < -0.3 is 14.2 Å². The molecular weight excluding hydrogens is 268 g/mol.